The Balaban J connectivity index is 1.79. The number of halogens is 6. The number of anilines is 1. The first kappa shape index (κ1) is 21.1. The van der Waals surface area contributed by atoms with Crippen LogP contribution in [0.5, 0.6) is 0 Å². The highest BCUT2D eigenvalue weighted by Crippen LogP contribution is 2.35. The van der Waals surface area contributed by atoms with Crippen LogP contribution in [0.3, 0.4) is 0 Å². The van der Waals surface area contributed by atoms with E-state index in [4.69, 9.17) is 5.73 Å². The van der Waals surface area contributed by atoms with E-state index in [1.807, 2.05) is 0 Å². The van der Waals surface area contributed by atoms with E-state index in [0.29, 0.717) is 5.56 Å². The molecule has 0 atom stereocenters. The van der Waals surface area contributed by atoms with E-state index in [1.165, 1.54) is 18.6 Å². The molecule has 6 nitrogen and oxygen atoms in total. The number of benzene rings is 1. The number of nitrogens with zero attached hydrogens (tertiary/aromatic N) is 5. The molecule has 0 fully saturated rings. The molecule has 0 amide bonds. The average molecular weight is 448 g/mol. The molecule has 12 heteroatoms. The number of fused-ring (bicyclic) bond motifs is 1. The third-order valence-electron chi connectivity index (χ3n) is 4.25. The smallest absolute Gasteiger partial charge is 0.368 e. The molecular weight excluding hydrogens is 438 g/mol. The SMILES string of the molecule is Nc1ncc(C#Cc2cn3nc(-c4ccc(C(F)(F)F)cc4)cc(C(F)(F)F)c3n2)cn1. The normalized spacial score (nSPS) is 11.9. The van der Waals surface area contributed by atoms with Crippen LogP contribution < -0.4 is 5.73 Å². The van der Waals surface area contributed by atoms with Gasteiger partial charge in [-0.25, -0.2) is 19.5 Å². The summed E-state index contributed by atoms with van der Waals surface area (Å²) in [5.41, 5.74) is 3.10. The minimum absolute atomic E-state index is 0.00982. The van der Waals surface area contributed by atoms with E-state index in [9.17, 15) is 26.3 Å². The molecule has 2 N–H and O–H groups in total. The second-order valence-corrected chi connectivity index (χ2v) is 6.49. The molecule has 0 bridgehead atoms. The van der Waals surface area contributed by atoms with E-state index in [2.05, 4.69) is 31.9 Å². The van der Waals surface area contributed by atoms with Gasteiger partial charge in [0.15, 0.2) is 5.65 Å². The fourth-order valence-electron chi connectivity index (χ4n) is 2.76. The summed E-state index contributed by atoms with van der Waals surface area (Å²) in [7, 11) is 0. The third kappa shape index (κ3) is 4.31. The zero-order valence-electron chi connectivity index (χ0n) is 15.7. The van der Waals surface area contributed by atoms with Crippen LogP contribution in [0.15, 0.2) is 48.9 Å². The standard InChI is InChI=1S/C20H10F6N6/c21-19(22,23)13-4-2-12(3-5-13)16-7-15(20(24,25)26)17-30-14(10-32(17)31-16)6-1-11-8-28-18(27)29-9-11/h2-5,7-10H,(H2,27,28,29). The fraction of sp³-hybridized carbons (Fsp3) is 0.100. The minimum Gasteiger partial charge on any atom is -0.368 e. The molecule has 0 saturated heterocycles. The topological polar surface area (TPSA) is 82.0 Å². The van der Waals surface area contributed by atoms with Crippen LogP contribution in [0.2, 0.25) is 0 Å². The van der Waals surface area contributed by atoms with Gasteiger partial charge in [0, 0.05) is 18.0 Å². The van der Waals surface area contributed by atoms with Gasteiger partial charge in [0.2, 0.25) is 5.95 Å². The van der Waals surface area contributed by atoms with Crippen LogP contribution in [-0.4, -0.2) is 24.6 Å². The molecule has 0 radical (unpaired) electrons. The van der Waals surface area contributed by atoms with Gasteiger partial charge in [0.25, 0.3) is 0 Å². The lowest BCUT2D eigenvalue weighted by molar-refractivity contribution is -0.138. The molecule has 0 spiro atoms. The van der Waals surface area contributed by atoms with E-state index in [1.54, 1.807) is 0 Å². The number of nitrogens with two attached hydrogens (primary N) is 1. The maximum atomic E-state index is 13.6. The highest BCUT2D eigenvalue weighted by molar-refractivity contribution is 5.64. The van der Waals surface area contributed by atoms with Crippen molar-refractivity contribution in [2.45, 2.75) is 12.4 Å². The Labute approximate surface area is 175 Å². The number of imidazole rings is 1. The Morgan fingerprint density at radius 3 is 2.12 bits per heavy atom. The van der Waals surface area contributed by atoms with Crippen LogP contribution in [0.25, 0.3) is 16.9 Å². The zero-order valence-corrected chi connectivity index (χ0v) is 15.7. The molecule has 162 valence electrons. The predicted molar refractivity (Wildman–Crippen MR) is 101 cm³/mol. The summed E-state index contributed by atoms with van der Waals surface area (Å²) in [4.78, 5) is 11.4. The number of nitrogen functional groups attached to an aromatic ring is 1. The van der Waals surface area contributed by atoms with Crippen LogP contribution >= 0.6 is 0 Å². The molecule has 0 aliphatic carbocycles. The van der Waals surface area contributed by atoms with Gasteiger partial charge in [0.1, 0.15) is 11.3 Å². The van der Waals surface area contributed by atoms with Crippen molar-refractivity contribution in [2.24, 2.45) is 0 Å². The first-order valence-corrected chi connectivity index (χ1v) is 8.75. The Kier molecular flexibility index (Phi) is 4.96. The maximum Gasteiger partial charge on any atom is 0.420 e. The molecule has 4 aromatic rings. The van der Waals surface area contributed by atoms with E-state index in [-0.39, 0.29) is 22.9 Å². The number of hydrogen-bond donors (Lipinski definition) is 1. The highest BCUT2D eigenvalue weighted by atomic mass is 19.4. The summed E-state index contributed by atoms with van der Waals surface area (Å²) in [6.07, 6.45) is -5.49. The van der Waals surface area contributed by atoms with Gasteiger partial charge in [-0.1, -0.05) is 18.1 Å². The van der Waals surface area contributed by atoms with Gasteiger partial charge in [-0.2, -0.15) is 31.4 Å². The van der Waals surface area contributed by atoms with E-state index >= 15 is 0 Å². The van der Waals surface area contributed by atoms with E-state index in [0.717, 1.165) is 34.8 Å². The Morgan fingerprint density at radius 1 is 0.875 bits per heavy atom. The van der Waals surface area contributed by atoms with Gasteiger partial charge in [-0.05, 0) is 24.1 Å². The highest BCUT2D eigenvalue weighted by Gasteiger charge is 2.35. The van der Waals surface area contributed by atoms with Gasteiger partial charge < -0.3 is 5.73 Å². The lowest BCUT2D eigenvalue weighted by Gasteiger charge is -2.11. The average Bonchev–Trinajstić information content (AvgIpc) is 3.14. The summed E-state index contributed by atoms with van der Waals surface area (Å²) in [5.74, 6) is 5.29. The molecule has 4 rings (SSSR count). The van der Waals surface area contributed by atoms with Crippen molar-refractivity contribution in [1.82, 2.24) is 24.6 Å². The van der Waals surface area contributed by atoms with Crippen molar-refractivity contribution in [3.05, 3.63) is 71.3 Å². The molecule has 3 heterocycles. The van der Waals surface area contributed by atoms with E-state index < -0.39 is 29.1 Å². The largest absolute Gasteiger partial charge is 0.420 e. The van der Waals surface area contributed by atoms with Gasteiger partial charge in [-0.15, -0.1) is 0 Å². The second-order valence-electron chi connectivity index (χ2n) is 6.49. The fourth-order valence-corrected chi connectivity index (χ4v) is 2.76. The summed E-state index contributed by atoms with van der Waals surface area (Å²) in [6.45, 7) is 0. The molecule has 0 aliphatic heterocycles. The lowest BCUT2D eigenvalue weighted by atomic mass is 10.1. The van der Waals surface area contributed by atoms with Crippen molar-refractivity contribution in [3.8, 4) is 23.1 Å². The summed E-state index contributed by atoms with van der Waals surface area (Å²) in [6, 6.07) is 4.38. The van der Waals surface area contributed by atoms with Crippen molar-refractivity contribution in [2.75, 3.05) is 5.73 Å². The second kappa shape index (κ2) is 7.52. The van der Waals surface area contributed by atoms with Crippen molar-refractivity contribution in [1.29, 1.82) is 0 Å². The third-order valence-corrected chi connectivity index (χ3v) is 4.25. The van der Waals surface area contributed by atoms with Gasteiger partial charge >= 0.3 is 12.4 Å². The van der Waals surface area contributed by atoms with Gasteiger partial charge in [-0.3, -0.25) is 0 Å². The Hall–Kier alpha value is -4.14. The monoisotopic (exact) mass is 448 g/mol. The number of rotatable bonds is 1. The molecule has 32 heavy (non-hydrogen) atoms. The Morgan fingerprint density at radius 2 is 1.53 bits per heavy atom. The van der Waals surface area contributed by atoms with Crippen LogP contribution in [-0.2, 0) is 12.4 Å². The minimum atomic E-state index is -4.79. The van der Waals surface area contributed by atoms with Crippen molar-refractivity contribution < 1.29 is 26.3 Å². The quantitative estimate of drug-likeness (QED) is 0.349. The summed E-state index contributed by atoms with van der Waals surface area (Å²) < 4.78 is 80.1. The van der Waals surface area contributed by atoms with Crippen LogP contribution in [0.4, 0.5) is 32.3 Å². The number of alkyl halides is 6. The maximum absolute atomic E-state index is 13.6. The van der Waals surface area contributed by atoms with Crippen molar-refractivity contribution in [3.63, 3.8) is 0 Å². The van der Waals surface area contributed by atoms with Gasteiger partial charge in [0.05, 0.1) is 23.0 Å². The number of aromatic nitrogens is 5. The lowest BCUT2D eigenvalue weighted by Crippen LogP contribution is -2.10. The molecular formula is C20H10F6N6. The number of hydrogen-bond acceptors (Lipinski definition) is 5. The molecule has 0 aliphatic rings. The van der Waals surface area contributed by atoms with Crippen LogP contribution in [0, 0.1) is 11.8 Å². The Bertz CT molecular complexity index is 1340. The molecule has 0 unspecified atom stereocenters. The first-order chi connectivity index (χ1) is 15.0. The summed E-state index contributed by atoms with van der Waals surface area (Å²) in [5, 5.41) is 4.06. The molecule has 0 saturated carbocycles. The summed E-state index contributed by atoms with van der Waals surface area (Å²) >= 11 is 0. The van der Waals surface area contributed by atoms with Crippen LogP contribution in [0.1, 0.15) is 22.4 Å². The first-order valence-electron chi connectivity index (χ1n) is 8.75. The molecule has 1 aromatic carbocycles. The van der Waals surface area contributed by atoms with Crippen molar-refractivity contribution >= 4 is 11.6 Å². The predicted octanol–water partition coefficient (Wildman–Crippen LogP) is 4.21. The molecule has 3 aromatic heterocycles. The zero-order chi connectivity index (χ0) is 23.1.